The lowest BCUT2D eigenvalue weighted by atomic mass is 9.83. The van der Waals surface area contributed by atoms with Crippen LogP contribution in [0, 0.1) is 0 Å². The molecule has 3 rings (SSSR count). The van der Waals surface area contributed by atoms with E-state index in [1.165, 1.54) is 6.42 Å². The van der Waals surface area contributed by atoms with Crippen molar-refractivity contribution in [2.75, 3.05) is 31.5 Å². The number of amides is 3. The number of urea groups is 1. The van der Waals surface area contributed by atoms with Gasteiger partial charge in [-0.2, -0.15) is 0 Å². The maximum absolute atomic E-state index is 12.5. The average Bonchev–Trinajstić information content (AvgIpc) is 3.11. The molecule has 1 aromatic heterocycles. The van der Waals surface area contributed by atoms with Gasteiger partial charge >= 0.3 is 6.03 Å². The van der Waals surface area contributed by atoms with E-state index in [2.05, 4.69) is 20.5 Å². The van der Waals surface area contributed by atoms with Crippen molar-refractivity contribution in [1.82, 2.24) is 24.8 Å². The molecular weight excluding hydrogens is 334 g/mol. The molecule has 0 saturated carbocycles. The van der Waals surface area contributed by atoms with Crippen molar-refractivity contribution < 1.29 is 9.59 Å². The zero-order valence-electron chi connectivity index (χ0n) is 15.6. The zero-order valence-corrected chi connectivity index (χ0v) is 15.6. The van der Waals surface area contributed by atoms with Crippen LogP contribution in [-0.4, -0.2) is 68.4 Å². The molecule has 0 aliphatic carbocycles. The molecule has 0 aromatic carbocycles. The maximum Gasteiger partial charge on any atom is 0.323 e. The Bertz CT molecular complexity index is 643. The smallest absolute Gasteiger partial charge is 0.323 e. The molecule has 2 fully saturated rings. The Balaban J connectivity index is 1.60. The second kappa shape index (κ2) is 7.61. The van der Waals surface area contributed by atoms with Crippen LogP contribution in [0.2, 0.25) is 0 Å². The number of nitrogens with two attached hydrogens (primary N) is 1. The van der Waals surface area contributed by atoms with Gasteiger partial charge in [-0.1, -0.05) is 11.6 Å². The number of nitrogens with zero attached hydrogens (tertiary/aromatic N) is 5. The number of anilines is 1. The highest BCUT2D eigenvalue weighted by Crippen LogP contribution is 2.31. The summed E-state index contributed by atoms with van der Waals surface area (Å²) in [5.41, 5.74) is 5.18. The molecule has 0 spiro atoms. The summed E-state index contributed by atoms with van der Waals surface area (Å²) in [4.78, 5) is 28.7. The predicted molar refractivity (Wildman–Crippen MR) is 97.6 cm³/mol. The van der Waals surface area contributed by atoms with E-state index < -0.39 is 5.54 Å². The zero-order chi connectivity index (χ0) is 18.7. The largest absolute Gasteiger partial charge is 0.368 e. The Morgan fingerprint density at radius 1 is 1.15 bits per heavy atom. The van der Waals surface area contributed by atoms with Crippen molar-refractivity contribution in [2.24, 2.45) is 5.73 Å². The molecule has 26 heavy (non-hydrogen) atoms. The fourth-order valence-corrected chi connectivity index (χ4v) is 3.90. The third kappa shape index (κ3) is 3.67. The number of piperidine rings is 2. The van der Waals surface area contributed by atoms with E-state index >= 15 is 0 Å². The van der Waals surface area contributed by atoms with Crippen molar-refractivity contribution in [3.8, 4) is 0 Å². The molecular formula is C17H29N7O2. The fraction of sp³-hybridized carbons (Fsp3) is 0.765. The van der Waals surface area contributed by atoms with E-state index in [0.717, 1.165) is 25.9 Å². The number of carbonyl (C=O) groups is 2. The Hall–Kier alpha value is -2.16. The molecule has 2 saturated heterocycles. The van der Waals surface area contributed by atoms with Crippen LogP contribution in [-0.2, 0) is 4.79 Å². The number of hydrogen-bond donors (Lipinski definition) is 2. The number of likely N-dealkylation sites (tertiary alicyclic amines) is 2. The van der Waals surface area contributed by atoms with E-state index in [1.54, 1.807) is 15.8 Å². The minimum absolute atomic E-state index is 0.184. The Labute approximate surface area is 153 Å². The average molecular weight is 363 g/mol. The molecule has 3 N–H and O–H groups in total. The summed E-state index contributed by atoms with van der Waals surface area (Å²) in [5.74, 6) is 0.172. The molecule has 144 valence electrons. The first-order valence-corrected chi connectivity index (χ1v) is 9.45. The highest BCUT2D eigenvalue weighted by atomic mass is 16.2. The van der Waals surface area contributed by atoms with Gasteiger partial charge in [-0.25, -0.2) is 9.48 Å². The second-order valence-corrected chi connectivity index (χ2v) is 7.54. The van der Waals surface area contributed by atoms with E-state index in [-0.39, 0.29) is 18.0 Å². The van der Waals surface area contributed by atoms with Gasteiger partial charge in [-0.05, 0) is 52.6 Å². The molecule has 9 nitrogen and oxygen atoms in total. The Morgan fingerprint density at radius 2 is 1.81 bits per heavy atom. The summed E-state index contributed by atoms with van der Waals surface area (Å²) in [6.07, 6.45) is 6.28. The quantitative estimate of drug-likeness (QED) is 0.835. The number of primary amides is 1. The summed E-state index contributed by atoms with van der Waals surface area (Å²) >= 11 is 0. The van der Waals surface area contributed by atoms with Gasteiger partial charge in [0.05, 0.1) is 6.20 Å². The molecule has 0 bridgehead atoms. The lowest BCUT2D eigenvalue weighted by molar-refractivity contribution is -0.134. The lowest BCUT2D eigenvalue weighted by Gasteiger charge is -2.48. The van der Waals surface area contributed by atoms with Gasteiger partial charge in [-0.3, -0.25) is 15.0 Å². The van der Waals surface area contributed by atoms with E-state index in [1.807, 2.05) is 13.8 Å². The van der Waals surface area contributed by atoms with Crippen molar-refractivity contribution in [1.29, 1.82) is 0 Å². The van der Waals surface area contributed by atoms with Gasteiger partial charge in [0.15, 0.2) is 5.82 Å². The number of rotatable bonds is 4. The van der Waals surface area contributed by atoms with Crippen LogP contribution in [0.4, 0.5) is 10.6 Å². The molecule has 2 aliphatic heterocycles. The number of aromatic nitrogens is 3. The van der Waals surface area contributed by atoms with Crippen LogP contribution in [0.5, 0.6) is 0 Å². The normalized spacial score (nSPS) is 21.0. The highest BCUT2D eigenvalue weighted by Gasteiger charge is 2.45. The first kappa shape index (κ1) is 18.6. The number of hydrogen-bond acceptors (Lipinski definition) is 5. The maximum atomic E-state index is 12.5. The van der Waals surface area contributed by atoms with Gasteiger partial charge in [0.25, 0.3) is 0 Å². The highest BCUT2D eigenvalue weighted by molar-refractivity contribution is 5.89. The third-order valence-electron chi connectivity index (χ3n) is 5.57. The Kier molecular flexibility index (Phi) is 5.45. The molecule has 3 amide bonds. The lowest BCUT2D eigenvalue weighted by Crippen LogP contribution is -2.64. The van der Waals surface area contributed by atoms with E-state index in [9.17, 15) is 9.59 Å². The summed E-state index contributed by atoms with van der Waals surface area (Å²) in [7, 11) is 0. The summed E-state index contributed by atoms with van der Waals surface area (Å²) in [5, 5.41) is 10.7. The number of carbonyl (C=O) groups excluding carboxylic acids is 2. The predicted octanol–water partition coefficient (Wildman–Crippen LogP) is 1.20. The minimum atomic E-state index is -0.613. The SMILES string of the molecule is CC(C)n1cc(NC(=O)N2CCC(C(N)=O)(N3CCCCC3)CC2)nn1. The molecule has 0 unspecified atom stereocenters. The van der Waals surface area contributed by atoms with Gasteiger partial charge in [0, 0.05) is 19.1 Å². The molecule has 1 aromatic rings. The molecule has 9 heteroatoms. The van der Waals surface area contributed by atoms with E-state index in [0.29, 0.717) is 31.7 Å². The summed E-state index contributed by atoms with van der Waals surface area (Å²) in [6, 6.07) is -0.0265. The minimum Gasteiger partial charge on any atom is -0.368 e. The van der Waals surface area contributed by atoms with E-state index in [4.69, 9.17) is 5.73 Å². The van der Waals surface area contributed by atoms with Crippen LogP contribution < -0.4 is 11.1 Å². The fourth-order valence-electron chi connectivity index (χ4n) is 3.90. The first-order chi connectivity index (χ1) is 12.4. The van der Waals surface area contributed by atoms with Crippen molar-refractivity contribution in [3.05, 3.63) is 6.20 Å². The van der Waals surface area contributed by atoms with Crippen molar-refractivity contribution >= 4 is 17.8 Å². The molecule has 3 heterocycles. The summed E-state index contributed by atoms with van der Waals surface area (Å²) in [6.45, 7) is 6.82. The number of nitrogens with one attached hydrogen (secondary N) is 1. The molecule has 2 aliphatic rings. The van der Waals surface area contributed by atoms with Crippen LogP contribution in [0.3, 0.4) is 0 Å². The van der Waals surface area contributed by atoms with Crippen molar-refractivity contribution in [2.45, 2.75) is 57.5 Å². The topological polar surface area (TPSA) is 109 Å². The van der Waals surface area contributed by atoms with Crippen LogP contribution in [0.15, 0.2) is 6.20 Å². The van der Waals surface area contributed by atoms with Crippen LogP contribution in [0.25, 0.3) is 0 Å². The van der Waals surface area contributed by atoms with Gasteiger partial charge < -0.3 is 10.6 Å². The van der Waals surface area contributed by atoms with Gasteiger partial charge in [-0.15, -0.1) is 5.10 Å². The first-order valence-electron chi connectivity index (χ1n) is 9.45. The molecule has 0 radical (unpaired) electrons. The second-order valence-electron chi connectivity index (χ2n) is 7.54. The molecule has 0 atom stereocenters. The summed E-state index contributed by atoms with van der Waals surface area (Å²) < 4.78 is 1.69. The van der Waals surface area contributed by atoms with Gasteiger partial charge in [0.1, 0.15) is 5.54 Å². The van der Waals surface area contributed by atoms with Gasteiger partial charge in [0.2, 0.25) is 5.91 Å². The third-order valence-corrected chi connectivity index (χ3v) is 5.57. The van der Waals surface area contributed by atoms with Crippen LogP contribution >= 0.6 is 0 Å². The monoisotopic (exact) mass is 363 g/mol. The standard InChI is InChI=1S/C17H29N7O2/c1-13(2)24-12-14(20-21-24)19-16(26)22-10-6-17(7-11-22,15(18)25)23-8-4-3-5-9-23/h12-13H,3-11H2,1-2H3,(H2,18,25)(H,19,26). The van der Waals surface area contributed by atoms with Crippen molar-refractivity contribution in [3.63, 3.8) is 0 Å². The Morgan fingerprint density at radius 3 is 2.35 bits per heavy atom. The van der Waals surface area contributed by atoms with Crippen LogP contribution in [0.1, 0.15) is 52.0 Å².